The van der Waals surface area contributed by atoms with Crippen molar-refractivity contribution in [1.29, 1.82) is 0 Å². The highest BCUT2D eigenvalue weighted by molar-refractivity contribution is 5.79. The third-order valence-electron chi connectivity index (χ3n) is 5.32. The lowest BCUT2D eigenvalue weighted by Crippen LogP contribution is -2.40. The summed E-state index contributed by atoms with van der Waals surface area (Å²) in [4.78, 5) is 27.0. The molecule has 2 aliphatic heterocycles. The number of hydrogen-bond donors (Lipinski definition) is 0. The van der Waals surface area contributed by atoms with Crippen LogP contribution in [0.4, 0.5) is 0 Å². The number of nitrogens with zero attached hydrogens (tertiary/aromatic N) is 2. The Morgan fingerprint density at radius 3 is 2.36 bits per heavy atom. The van der Waals surface area contributed by atoms with Crippen LogP contribution in [0.5, 0.6) is 0 Å². The summed E-state index contributed by atoms with van der Waals surface area (Å²) in [5, 5.41) is 0. The molecule has 1 fully saturated rings. The van der Waals surface area contributed by atoms with Crippen LogP contribution in [0.25, 0.3) is 0 Å². The van der Waals surface area contributed by atoms with Crippen molar-refractivity contribution < 1.29 is 9.59 Å². The number of carbonyl (C=O) groups excluding carboxylic acids is 2. The van der Waals surface area contributed by atoms with E-state index in [0.717, 1.165) is 45.4 Å². The Balaban J connectivity index is 1.74. The molecule has 0 radical (unpaired) electrons. The molecule has 0 aliphatic carbocycles. The molecule has 22 heavy (non-hydrogen) atoms. The van der Waals surface area contributed by atoms with Gasteiger partial charge in [0.15, 0.2) is 0 Å². The largest absolute Gasteiger partial charge is 0.339 e. The quantitative estimate of drug-likeness (QED) is 0.733. The van der Waals surface area contributed by atoms with Crippen molar-refractivity contribution in [1.82, 2.24) is 9.80 Å². The van der Waals surface area contributed by atoms with Crippen LogP contribution in [0, 0.1) is 5.92 Å². The Bertz CT molecular complexity index is 434. The lowest BCUT2D eigenvalue weighted by Gasteiger charge is -2.33. The standard InChI is InChI=1S/C18H30N2O2/c1-14(17-6-10-20(11-7-17)16(3)21)4-5-15(2)19-12-8-18(22)9-13-19/h6,14-15H,4-5,7-13H2,1-3H3. The molecule has 2 rings (SSSR count). The molecule has 0 saturated carbocycles. The normalized spacial score (nSPS) is 23.1. The number of rotatable bonds is 5. The molecule has 0 bridgehead atoms. The fourth-order valence-electron chi connectivity index (χ4n) is 3.49. The Labute approximate surface area is 134 Å². The Hall–Kier alpha value is -1.16. The molecule has 2 aliphatic rings. The maximum atomic E-state index is 11.4. The summed E-state index contributed by atoms with van der Waals surface area (Å²) >= 11 is 0. The smallest absolute Gasteiger partial charge is 0.219 e. The van der Waals surface area contributed by atoms with Gasteiger partial charge in [0.05, 0.1) is 0 Å². The van der Waals surface area contributed by atoms with Gasteiger partial charge in [-0.1, -0.05) is 18.6 Å². The van der Waals surface area contributed by atoms with Gasteiger partial charge in [0.2, 0.25) is 5.91 Å². The first kappa shape index (κ1) is 17.2. The Morgan fingerprint density at radius 2 is 1.82 bits per heavy atom. The highest BCUT2D eigenvalue weighted by Gasteiger charge is 2.22. The first-order chi connectivity index (χ1) is 10.5. The molecule has 1 saturated heterocycles. The van der Waals surface area contributed by atoms with Crippen molar-refractivity contribution >= 4 is 11.7 Å². The van der Waals surface area contributed by atoms with Crippen molar-refractivity contribution in [2.75, 3.05) is 26.2 Å². The van der Waals surface area contributed by atoms with E-state index in [1.165, 1.54) is 18.4 Å². The van der Waals surface area contributed by atoms with Gasteiger partial charge in [-0.05, 0) is 32.1 Å². The van der Waals surface area contributed by atoms with E-state index in [0.29, 0.717) is 17.7 Å². The van der Waals surface area contributed by atoms with Crippen molar-refractivity contribution in [3.63, 3.8) is 0 Å². The van der Waals surface area contributed by atoms with Crippen LogP contribution in [-0.2, 0) is 9.59 Å². The summed E-state index contributed by atoms with van der Waals surface area (Å²) in [6.45, 7) is 9.76. The van der Waals surface area contributed by atoms with Crippen LogP contribution in [0.2, 0.25) is 0 Å². The minimum Gasteiger partial charge on any atom is -0.339 e. The summed E-state index contributed by atoms with van der Waals surface area (Å²) in [5.41, 5.74) is 1.51. The monoisotopic (exact) mass is 306 g/mol. The molecule has 124 valence electrons. The van der Waals surface area contributed by atoms with Gasteiger partial charge in [-0.25, -0.2) is 0 Å². The highest BCUT2D eigenvalue weighted by Crippen LogP contribution is 2.25. The third-order valence-corrected chi connectivity index (χ3v) is 5.32. The molecule has 0 aromatic carbocycles. The molecule has 2 unspecified atom stereocenters. The van der Waals surface area contributed by atoms with Crippen LogP contribution in [0.1, 0.15) is 52.9 Å². The summed E-state index contributed by atoms with van der Waals surface area (Å²) in [6, 6.07) is 0.563. The van der Waals surface area contributed by atoms with Gasteiger partial charge in [0.1, 0.15) is 5.78 Å². The number of ketones is 1. The molecule has 2 heterocycles. The minimum absolute atomic E-state index is 0.177. The lowest BCUT2D eigenvalue weighted by molar-refractivity contribution is -0.128. The van der Waals surface area contributed by atoms with Crippen molar-refractivity contribution in [3.05, 3.63) is 11.6 Å². The zero-order chi connectivity index (χ0) is 16.1. The minimum atomic E-state index is 0.177. The zero-order valence-corrected chi connectivity index (χ0v) is 14.3. The average molecular weight is 306 g/mol. The predicted molar refractivity (Wildman–Crippen MR) is 88.6 cm³/mol. The van der Waals surface area contributed by atoms with Crippen LogP contribution < -0.4 is 0 Å². The fourth-order valence-corrected chi connectivity index (χ4v) is 3.49. The highest BCUT2D eigenvalue weighted by atomic mass is 16.2. The van der Waals surface area contributed by atoms with Crippen molar-refractivity contribution in [2.45, 2.75) is 58.9 Å². The van der Waals surface area contributed by atoms with E-state index in [-0.39, 0.29) is 5.91 Å². The van der Waals surface area contributed by atoms with Gasteiger partial charge in [-0.3, -0.25) is 14.5 Å². The van der Waals surface area contributed by atoms with Crippen LogP contribution >= 0.6 is 0 Å². The topological polar surface area (TPSA) is 40.6 Å². The maximum absolute atomic E-state index is 11.4. The van der Waals surface area contributed by atoms with Gasteiger partial charge in [0, 0.05) is 52.0 Å². The van der Waals surface area contributed by atoms with E-state index in [9.17, 15) is 9.59 Å². The molecule has 0 aromatic heterocycles. The second kappa shape index (κ2) is 7.91. The van der Waals surface area contributed by atoms with Gasteiger partial charge in [0.25, 0.3) is 0 Å². The van der Waals surface area contributed by atoms with E-state index in [1.807, 2.05) is 4.90 Å². The first-order valence-corrected chi connectivity index (χ1v) is 8.67. The molecule has 1 amide bonds. The third kappa shape index (κ3) is 4.67. The van der Waals surface area contributed by atoms with Gasteiger partial charge in [-0.2, -0.15) is 0 Å². The van der Waals surface area contributed by atoms with Gasteiger partial charge >= 0.3 is 0 Å². The molecule has 0 spiro atoms. The number of amides is 1. The van der Waals surface area contributed by atoms with Gasteiger partial charge in [-0.15, -0.1) is 0 Å². The summed E-state index contributed by atoms with van der Waals surface area (Å²) in [6.07, 6.45) is 7.10. The zero-order valence-electron chi connectivity index (χ0n) is 14.3. The second-order valence-electron chi connectivity index (χ2n) is 6.90. The number of likely N-dealkylation sites (tertiary alicyclic amines) is 1. The molecule has 4 heteroatoms. The van der Waals surface area contributed by atoms with Gasteiger partial charge < -0.3 is 4.90 Å². The summed E-state index contributed by atoms with van der Waals surface area (Å²) in [7, 11) is 0. The van der Waals surface area contributed by atoms with Crippen LogP contribution in [-0.4, -0.2) is 53.7 Å². The van der Waals surface area contributed by atoms with Crippen LogP contribution in [0.15, 0.2) is 11.6 Å². The average Bonchev–Trinajstić information content (AvgIpc) is 2.53. The van der Waals surface area contributed by atoms with E-state index >= 15 is 0 Å². The van der Waals surface area contributed by atoms with E-state index in [1.54, 1.807) is 6.92 Å². The maximum Gasteiger partial charge on any atom is 0.219 e. The molecule has 2 atom stereocenters. The van der Waals surface area contributed by atoms with E-state index < -0.39 is 0 Å². The predicted octanol–water partition coefficient (Wildman–Crippen LogP) is 2.63. The SMILES string of the molecule is CC(=O)N1CC=C(C(C)CCC(C)N2CCC(=O)CC2)CC1. The molecule has 4 nitrogen and oxygen atoms in total. The molecular formula is C18H30N2O2. The number of hydrogen-bond acceptors (Lipinski definition) is 3. The lowest BCUT2D eigenvalue weighted by atomic mass is 9.89. The molecule has 0 aromatic rings. The number of piperidine rings is 1. The molecule has 0 N–H and O–H groups in total. The van der Waals surface area contributed by atoms with Crippen molar-refractivity contribution in [2.24, 2.45) is 5.92 Å². The fraction of sp³-hybridized carbons (Fsp3) is 0.778. The van der Waals surface area contributed by atoms with Crippen LogP contribution in [0.3, 0.4) is 0 Å². The Kier molecular flexibility index (Phi) is 6.18. The van der Waals surface area contributed by atoms with E-state index in [4.69, 9.17) is 0 Å². The Morgan fingerprint density at radius 1 is 1.14 bits per heavy atom. The number of Topliss-reactive ketones (excluding diaryl/α,β-unsaturated/α-hetero) is 1. The van der Waals surface area contributed by atoms with E-state index in [2.05, 4.69) is 24.8 Å². The van der Waals surface area contributed by atoms with Crippen molar-refractivity contribution in [3.8, 4) is 0 Å². The number of carbonyl (C=O) groups is 2. The second-order valence-corrected chi connectivity index (χ2v) is 6.90. The first-order valence-electron chi connectivity index (χ1n) is 8.67. The summed E-state index contributed by atoms with van der Waals surface area (Å²) < 4.78 is 0. The molecular weight excluding hydrogens is 276 g/mol. The summed E-state index contributed by atoms with van der Waals surface area (Å²) in [5.74, 6) is 1.19.